The van der Waals surface area contributed by atoms with Gasteiger partial charge in [-0.15, -0.1) is 11.3 Å². The Kier molecular flexibility index (Phi) is 12.0. The number of methoxy groups -OCH3 is 2. The van der Waals surface area contributed by atoms with Crippen LogP contribution in [-0.2, 0) is 9.47 Å². The molecule has 0 unspecified atom stereocenters. The van der Waals surface area contributed by atoms with E-state index < -0.39 is 0 Å². The summed E-state index contributed by atoms with van der Waals surface area (Å²) in [5, 5.41) is 0. The van der Waals surface area contributed by atoms with E-state index in [4.69, 9.17) is 0 Å². The number of thiazole rings is 1. The Balaban J connectivity index is 0.000000464. The second-order valence-electron chi connectivity index (χ2n) is 4.05. The van der Waals surface area contributed by atoms with Crippen LogP contribution in [0.5, 0.6) is 0 Å². The second kappa shape index (κ2) is 13.0. The Morgan fingerprint density at radius 3 is 2.00 bits per heavy atom. The molecule has 5 heteroatoms. The van der Waals surface area contributed by atoms with Gasteiger partial charge in [-0.05, 0) is 25.5 Å². The average molecular weight is 323 g/mol. The molecule has 122 valence electrons. The van der Waals surface area contributed by atoms with E-state index >= 15 is 0 Å². The molecule has 0 atom stereocenters. The summed E-state index contributed by atoms with van der Waals surface area (Å²) in [5.74, 6) is 0. The van der Waals surface area contributed by atoms with Crippen LogP contribution >= 0.6 is 11.3 Å². The van der Waals surface area contributed by atoms with Crippen molar-refractivity contribution in [2.24, 2.45) is 0 Å². The molecule has 0 saturated heterocycles. The van der Waals surface area contributed by atoms with Gasteiger partial charge in [0.15, 0.2) is 0 Å². The first-order valence-electron chi connectivity index (χ1n) is 7.01. The van der Waals surface area contributed by atoms with Crippen LogP contribution in [0.2, 0.25) is 0 Å². The first-order chi connectivity index (χ1) is 10.6. The highest BCUT2D eigenvalue weighted by molar-refractivity contribution is 7.07. The summed E-state index contributed by atoms with van der Waals surface area (Å²) in [5.41, 5.74) is 0.962. The molecule has 0 amide bonds. The molecule has 0 aliphatic carbocycles. The van der Waals surface area contributed by atoms with Crippen LogP contribution < -0.4 is 14.8 Å². The van der Waals surface area contributed by atoms with Crippen LogP contribution in [0, 0.1) is 0 Å². The summed E-state index contributed by atoms with van der Waals surface area (Å²) in [6.07, 6.45) is 1.86. The largest absolute Gasteiger partial charge is 0.385 e. The first-order valence-corrected chi connectivity index (χ1v) is 7.83. The van der Waals surface area contributed by atoms with Crippen molar-refractivity contribution >= 4 is 24.0 Å². The number of aromatic amines is 1. The zero-order valence-corrected chi connectivity index (χ0v) is 14.5. The Bertz CT molecular complexity index is 639. The van der Waals surface area contributed by atoms with Crippen LogP contribution in [0.25, 0.3) is 12.7 Å². The SMILES string of the molecule is C=c1[nH]c(=O)c(=Cc2ccccc2)s1.CCOC.CCOC. The highest BCUT2D eigenvalue weighted by Gasteiger charge is 1.92. The van der Waals surface area contributed by atoms with Gasteiger partial charge in [0.05, 0.1) is 9.20 Å². The number of aromatic nitrogens is 1. The van der Waals surface area contributed by atoms with Crippen molar-refractivity contribution in [2.45, 2.75) is 13.8 Å². The third-order valence-electron chi connectivity index (χ3n) is 2.38. The van der Waals surface area contributed by atoms with E-state index in [2.05, 4.69) is 21.0 Å². The van der Waals surface area contributed by atoms with Gasteiger partial charge in [-0.3, -0.25) is 4.79 Å². The lowest BCUT2D eigenvalue weighted by Crippen LogP contribution is -2.19. The van der Waals surface area contributed by atoms with Gasteiger partial charge in [0.25, 0.3) is 5.56 Å². The van der Waals surface area contributed by atoms with Crippen molar-refractivity contribution < 1.29 is 9.47 Å². The van der Waals surface area contributed by atoms with Crippen LogP contribution in [0.3, 0.4) is 0 Å². The molecule has 1 aromatic carbocycles. The van der Waals surface area contributed by atoms with Crippen molar-refractivity contribution in [1.29, 1.82) is 0 Å². The normalized spacial score (nSPS) is 10.3. The van der Waals surface area contributed by atoms with Crippen molar-refractivity contribution in [3.63, 3.8) is 0 Å². The standard InChI is InChI=1S/C11H9NOS.2C3H8O/c1-8-12-11(13)10(14-8)7-9-5-3-2-4-6-9;2*1-3-4-2/h2-7H,1H2,(H,12,13);2*3H2,1-2H3. The van der Waals surface area contributed by atoms with E-state index in [9.17, 15) is 4.79 Å². The molecule has 0 aliphatic heterocycles. The molecular weight excluding hydrogens is 298 g/mol. The minimum absolute atomic E-state index is 0.0659. The van der Waals surface area contributed by atoms with Gasteiger partial charge < -0.3 is 14.5 Å². The van der Waals surface area contributed by atoms with Gasteiger partial charge in [0.2, 0.25) is 0 Å². The summed E-state index contributed by atoms with van der Waals surface area (Å²) in [6.45, 7) is 9.24. The Labute approximate surface area is 135 Å². The van der Waals surface area contributed by atoms with Crippen molar-refractivity contribution in [3.05, 3.63) is 55.4 Å². The van der Waals surface area contributed by atoms with E-state index in [1.165, 1.54) is 11.3 Å². The molecule has 0 bridgehead atoms. The first kappa shape index (κ1) is 20.3. The maximum atomic E-state index is 11.3. The average Bonchev–Trinajstić information content (AvgIpc) is 2.86. The molecule has 0 spiro atoms. The number of ether oxygens (including phenoxy) is 2. The molecule has 0 radical (unpaired) electrons. The minimum atomic E-state index is -0.0659. The van der Waals surface area contributed by atoms with Gasteiger partial charge in [-0.25, -0.2) is 0 Å². The van der Waals surface area contributed by atoms with E-state index in [1.54, 1.807) is 14.2 Å². The van der Waals surface area contributed by atoms with E-state index in [0.717, 1.165) is 18.8 Å². The van der Waals surface area contributed by atoms with E-state index in [-0.39, 0.29) is 5.56 Å². The summed E-state index contributed by atoms with van der Waals surface area (Å²) < 4.78 is 10.5. The molecule has 2 aromatic rings. The Hall–Kier alpha value is -1.69. The maximum Gasteiger partial charge on any atom is 0.266 e. The van der Waals surface area contributed by atoms with Crippen LogP contribution in [0.15, 0.2) is 35.1 Å². The van der Waals surface area contributed by atoms with Crippen molar-refractivity contribution in [2.75, 3.05) is 27.4 Å². The minimum Gasteiger partial charge on any atom is -0.385 e. The zero-order valence-electron chi connectivity index (χ0n) is 13.7. The number of H-pyrrole nitrogens is 1. The van der Waals surface area contributed by atoms with Crippen molar-refractivity contribution in [3.8, 4) is 0 Å². The fraction of sp³-hybridized carbons (Fsp3) is 0.353. The quantitative estimate of drug-likeness (QED) is 0.940. The van der Waals surface area contributed by atoms with Gasteiger partial charge in [0.1, 0.15) is 0 Å². The van der Waals surface area contributed by atoms with Gasteiger partial charge in [-0.1, -0.05) is 36.9 Å². The molecule has 1 aromatic heterocycles. The smallest absolute Gasteiger partial charge is 0.266 e. The number of hydrogen-bond donors (Lipinski definition) is 1. The molecule has 1 heterocycles. The fourth-order valence-electron chi connectivity index (χ4n) is 1.19. The number of nitrogens with one attached hydrogen (secondary N) is 1. The zero-order chi connectivity index (χ0) is 16.8. The van der Waals surface area contributed by atoms with Gasteiger partial charge in [0, 0.05) is 27.4 Å². The molecule has 1 N–H and O–H groups in total. The highest BCUT2D eigenvalue weighted by Crippen LogP contribution is 1.97. The molecule has 0 aliphatic rings. The number of hydrogen-bond acceptors (Lipinski definition) is 4. The van der Waals surface area contributed by atoms with Gasteiger partial charge >= 0.3 is 0 Å². The monoisotopic (exact) mass is 323 g/mol. The number of benzene rings is 1. The predicted octanol–water partition coefficient (Wildman–Crippen LogP) is 1.98. The fourth-order valence-corrected chi connectivity index (χ4v) is 1.94. The van der Waals surface area contributed by atoms with Gasteiger partial charge in [-0.2, -0.15) is 0 Å². The molecular formula is C17H25NO3S. The maximum absolute atomic E-state index is 11.3. The predicted molar refractivity (Wildman–Crippen MR) is 94.8 cm³/mol. The summed E-state index contributed by atoms with van der Waals surface area (Å²) in [6, 6.07) is 9.75. The lowest BCUT2D eigenvalue weighted by atomic mass is 10.2. The molecule has 0 fully saturated rings. The highest BCUT2D eigenvalue weighted by atomic mass is 32.1. The van der Waals surface area contributed by atoms with Crippen LogP contribution in [0.1, 0.15) is 19.4 Å². The van der Waals surface area contributed by atoms with Crippen LogP contribution in [0.4, 0.5) is 0 Å². The summed E-state index contributed by atoms with van der Waals surface area (Å²) in [7, 11) is 3.36. The molecule has 2 rings (SSSR count). The molecule has 0 saturated carbocycles. The number of rotatable bonds is 3. The molecule has 4 nitrogen and oxygen atoms in total. The Morgan fingerprint density at radius 2 is 1.64 bits per heavy atom. The summed E-state index contributed by atoms with van der Waals surface area (Å²) >= 11 is 1.37. The topological polar surface area (TPSA) is 51.3 Å². The van der Waals surface area contributed by atoms with E-state index in [1.807, 2.05) is 50.3 Å². The Morgan fingerprint density at radius 1 is 1.14 bits per heavy atom. The summed E-state index contributed by atoms with van der Waals surface area (Å²) in [4.78, 5) is 14.0. The third kappa shape index (κ3) is 9.28. The van der Waals surface area contributed by atoms with E-state index in [0.29, 0.717) is 9.20 Å². The molecule has 22 heavy (non-hydrogen) atoms. The lowest BCUT2D eigenvalue weighted by Gasteiger charge is -1.87. The lowest BCUT2D eigenvalue weighted by molar-refractivity contribution is 0.215. The third-order valence-corrected chi connectivity index (χ3v) is 3.26. The van der Waals surface area contributed by atoms with Crippen molar-refractivity contribution in [1.82, 2.24) is 4.98 Å². The second-order valence-corrected chi connectivity index (χ2v) is 5.19. The van der Waals surface area contributed by atoms with Crippen LogP contribution in [-0.4, -0.2) is 32.4 Å².